The van der Waals surface area contributed by atoms with E-state index >= 15 is 0 Å². The number of nitrogens with one attached hydrogen (secondary N) is 1. The van der Waals surface area contributed by atoms with E-state index in [4.69, 9.17) is 4.74 Å². The number of rotatable bonds is 5. The lowest BCUT2D eigenvalue weighted by atomic mass is 9.87. The third-order valence-corrected chi connectivity index (χ3v) is 3.47. The molecule has 0 aromatic heterocycles. The third-order valence-electron chi connectivity index (χ3n) is 3.47. The van der Waals surface area contributed by atoms with E-state index < -0.39 is 0 Å². The van der Waals surface area contributed by atoms with Crippen molar-refractivity contribution >= 4 is 5.97 Å². The van der Waals surface area contributed by atoms with Gasteiger partial charge in [0.2, 0.25) is 0 Å². The van der Waals surface area contributed by atoms with Gasteiger partial charge in [-0.2, -0.15) is 0 Å². The Hall–Kier alpha value is -1.35. The van der Waals surface area contributed by atoms with E-state index in [0.717, 1.165) is 0 Å². The number of ether oxygens (including phenoxy) is 1. The highest BCUT2D eigenvalue weighted by Gasteiger charge is 2.22. The summed E-state index contributed by atoms with van der Waals surface area (Å²) in [4.78, 5) is 11.7. The van der Waals surface area contributed by atoms with Crippen LogP contribution in [0.1, 0.15) is 45.7 Å². The SMILES string of the molecule is COC(=O)[C@@H](NCc1ccc(C(C)(C)C)cc1)C(C)C. The van der Waals surface area contributed by atoms with Crippen LogP contribution in [0.15, 0.2) is 24.3 Å². The zero-order chi connectivity index (χ0) is 15.3. The highest BCUT2D eigenvalue weighted by atomic mass is 16.5. The summed E-state index contributed by atoms with van der Waals surface area (Å²) in [5.41, 5.74) is 2.65. The quantitative estimate of drug-likeness (QED) is 0.839. The monoisotopic (exact) mass is 277 g/mol. The van der Waals surface area contributed by atoms with Crippen LogP contribution in [-0.4, -0.2) is 19.1 Å². The molecule has 0 amide bonds. The van der Waals surface area contributed by atoms with Crippen LogP contribution in [0.5, 0.6) is 0 Å². The fraction of sp³-hybridized carbons (Fsp3) is 0.588. The molecule has 1 aromatic rings. The van der Waals surface area contributed by atoms with Crippen LogP contribution >= 0.6 is 0 Å². The summed E-state index contributed by atoms with van der Waals surface area (Å²) in [5, 5.41) is 3.27. The molecule has 0 heterocycles. The van der Waals surface area contributed by atoms with E-state index in [-0.39, 0.29) is 23.3 Å². The lowest BCUT2D eigenvalue weighted by Crippen LogP contribution is -2.41. The predicted octanol–water partition coefficient (Wildman–Crippen LogP) is 3.27. The summed E-state index contributed by atoms with van der Waals surface area (Å²) in [7, 11) is 1.43. The highest BCUT2D eigenvalue weighted by molar-refractivity contribution is 5.75. The fourth-order valence-corrected chi connectivity index (χ4v) is 2.07. The summed E-state index contributed by atoms with van der Waals surface area (Å²) in [6.07, 6.45) is 0. The van der Waals surface area contributed by atoms with Crippen molar-refractivity contribution in [2.45, 2.75) is 52.6 Å². The maximum Gasteiger partial charge on any atom is 0.323 e. The molecule has 3 heteroatoms. The minimum absolute atomic E-state index is 0.165. The normalized spacial score (nSPS) is 13.3. The first-order valence-electron chi connectivity index (χ1n) is 7.16. The van der Waals surface area contributed by atoms with Gasteiger partial charge in [-0.3, -0.25) is 4.79 Å². The Morgan fingerprint density at radius 2 is 1.75 bits per heavy atom. The molecule has 0 aliphatic rings. The topological polar surface area (TPSA) is 38.3 Å². The number of hydrogen-bond acceptors (Lipinski definition) is 3. The molecule has 0 saturated carbocycles. The summed E-state index contributed by atoms with van der Waals surface area (Å²) < 4.78 is 4.82. The maximum atomic E-state index is 11.7. The fourth-order valence-electron chi connectivity index (χ4n) is 2.07. The first-order chi connectivity index (χ1) is 9.25. The van der Waals surface area contributed by atoms with Crippen LogP contribution in [0, 0.1) is 5.92 Å². The second-order valence-corrected chi connectivity index (χ2v) is 6.57. The number of carbonyl (C=O) groups excluding carboxylic acids is 1. The Morgan fingerprint density at radius 1 is 1.20 bits per heavy atom. The van der Waals surface area contributed by atoms with Gasteiger partial charge in [0.1, 0.15) is 6.04 Å². The van der Waals surface area contributed by atoms with Crippen LogP contribution in [-0.2, 0) is 21.5 Å². The lowest BCUT2D eigenvalue weighted by molar-refractivity contribution is -0.144. The van der Waals surface area contributed by atoms with Crippen molar-refractivity contribution in [3.05, 3.63) is 35.4 Å². The zero-order valence-electron chi connectivity index (χ0n) is 13.5. The smallest absolute Gasteiger partial charge is 0.323 e. The van der Waals surface area contributed by atoms with E-state index in [9.17, 15) is 4.79 Å². The molecule has 0 unspecified atom stereocenters. The first-order valence-corrected chi connectivity index (χ1v) is 7.16. The largest absolute Gasteiger partial charge is 0.468 e. The summed E-state index contributed by atoms with van der Waals surface area (Å²) in [6.45, 7) is 11.3. The highest BCUT2D eigenvalue weighted by Crippen LogP contribution is 2.22. The molecule has 1 aromatic carbocycles. The lowest BCUT2D eigenvalue weighted by Gasteiger charge is -2.21. The Kier molecular flexibility index (Phi) is 5.75. The van der Waals surface area contributed by atoms with Crippen molar-refractivity contribution in [2.75, 3.05) is 7.11 Å². The molecule has 112 valence electrons. The average molecular weight is 277 g/mol. The molecule has 0 fully saturated rings. The van der Waals surface area contributed by atoms with Gasteiger partial charge in [-0.1, -0.05) is 58.9 Å². The Bertz CT molecular complexity index is 429. The van der Waals surface area contributed by atoms with Crippen molar-refractivity contribution in [2.24, 2.45) is 5.92 Å². The number of methoxy groups -OCH3 is 1. The number of carbonyl (C=O) groups is 1. The molecule has 0 bridgehead atoms. The van der Waals surface area contributed by atoms with Gasteiger partial charge in [0.25, 0.3) is 0 Å². The van der Waals surface area contributed by atoms with E-state index in [0.29, 0.717) is 6.54 Å². The molecule has 3 nitrogen and oxygen atoms in total. The first kappa shape index (κ1) is 16.7. The third kappa shape index (κ3) is 4.64. The molecule has 1 atom stereocenters. The molecular formula is C17H27NO2. The summed E-state index contributed by atoms with van der Waals surface area (Å²) >= 11 is 0. The standard InChI is InChI=1S/C17H27NO2/c1-12(2)15(16(19)20-6)18-11-13-7-9-14(10-8-13)17(3,4)5/h7-10,12,15,18H,11H2,1-6H3/t15-/m0/s1. The minimum Gasteiger partial charge on any atom is -0.468 e. The van der Waals surface area contributed by atoms with Crippen molar-refractivity contribution in [3.63, 3.8) is 0 Å². The Labute approximate surface area is 122 Å². The van der Waals surface area contributed by atoms with Gasteiger partial charge in [-0.05, 0) is 22.5 Å². The molecule has 0 aliphatic carbocycles. The number of benzene rings is 1. The summed E-state index contributed by atoms with van der Waals surface area (Å²) in [6, 6.07) is 8.27. The Morgan fingerprint density at radius 3 is 2.15 bits per heavy atom. The van der Waals surface area contributed by atoms with E-state index in [1.165, 1.54) is 18.2 Å². The molecule has 1 N–H and O–H groups in total. The molecule has 0 aliphatic heterocycles. The molecule has 20 heavy (non-hydrogen) atoms. The van der Waals surface area contributed by atoms with Gasteiger partial charge in [0.05, 0.1) is 7.11 Å². The van der Waals surface area contributed by atoms with Crippen LogP contribution in [0.25, 0.3) is 0 Å². The van der Waals surface area contributed by atoms with Gasteiger partial charge >= 0.3 is 5.97 Å². The van der Waals surface area contributed by atoms with Crippen LogP contribution in [0.3, 0.4) is 0 Å². The van der Waals surface area contributed by atoms with E-state index in [1.54, 1.807) is 0 Å². The van der Waals surface area contributed by atoms with Crippen molar-refractivity contribution < 1.29 is 9.53 Å². The average Bonchev–Trinajstić information content (AvgIpc) is 2.37. The van der Waals surface area contributed by atoms with Crippen LogP contribution < -0.4 is 5.32 Å². The van der Waals surface area contributed by atoms with Gasteiger partial charge in [0.15, 0.2) is 0 Å². The minimum atomic E-state index is -0.262. The molecule has 0 radical (unpaired) electrons. The number of esters is 1. The van der Waals surface area contributed by atoms with Crippen molar-refractivity contribution in [1.82, 2.24) is 5.32 Å². The number of hydrogen-bond donors (Lipinski definition) is 1. The van der Waals surface area contributed by atoms with E-state index in [1.807, 2.05) is 13.8 Å². The Balaban J connectivity index is 2.67. The van der Waals surface area contributed by atoms with Crippen LogP contribution in [0.4, 0.5) is 0 Å². The second kappa shape index (κ2) is 6.89. The van der Waals surface area contributed by atoms with Gasteiger partial charge in [-0.25, -0.2) is 0 Å². The van der Waals surface area contributed by atoms with Gasteiger partial charge in [0, 0.05) is 6.54 Å². The maximum absolute atomic E-state index is 11.7. The van der Waals surface area contributed by atoms with E-state index in [2.05, 4.69) is 50.4 Å². The molecule has 0 saturated heterocycles. The van der Waals surface area contributed by atoms with Crippen molar-refractivity contribution in [1.29, 1.82) is 0 Å². The van der Waals surface area contributed by atoms with Gasteiger partial charge < -0.3 is 10.1 Å². The zero-order valence-corrected chi connectivity index (χ0v) is 13.5. The molecule has 1 rings (SSSR count). The van der Waals surface area contributed by atoms with Gasteiger partial charge in [-0.15, -0.1) is 0 Å². The van der Waals surface area contributed by atoms with Crippen molar-refractivity contribution in [3.8, 4) is 0 Å². The molecule has 0 spiro atoms. The second-order valence-electron chi connectivity index (χ2n) is 6.57. The molecular weight excluding hydrogens is 250 g/mol. The predicted molar refractivity (Wildman–Crippen MR) is 82.6 cm³/mol. The van der Waals surface area contributed by atoms with Crippen LogP contribution in [0.2, 0.25) is 0 Å². The summed E-state index contributed by atoms with van der Waals surface area (Å²) in [5.74, 6) is 0.00242.